The molecule has 5 heteroatoms. The molecule has 2 aromatic rings. The van der Waals surface area contributed by atoms with Crippen molar-refractivity contribution < 1.29 is 4.79 Å². The molecule has 5 nitrogen and oxygen atoms in total. The van der Waals surface area contributed by atoms with Crippen LogP contribution in [0.3, 0.4) is 0 Å². The zero-order valence-corrected chi connectivity index (χ0v) is 15.1. The van der Waals surface area contributed by atoms with Crippen LogP contribution in [0.5, 0.6) is 0 Å². The standard InChI is InChI=1S/C20H26N4O/c1-15-10-16(2)24(21-15)19-12-23(13-19)20(25)14-22-9-8-18(11-22)17-6-4-3-5-7-17/h3-7,10,18-19H,8-9,11-14H2,1-2H3/t18-/m1/s1. The van der Waals surface area contributed by atoms with Crippen molar-refractivity contribution in [3.05, 3.63) is 53.3 Å². The van der Waals surface area contributed by atoms with E-state index in [1.54, 1.807) is 0 Å². The third-order valence-electron chi connectivity index (χ3n) is 5.51. The van der Waals surface area contributed by atoms with E-state index in [9.17, 15) is 4.79 Å². The van der Waals surface area contributed by atoms with Crippen LogP contribution in [-0.2, 0) is 4.79 Å². The van der Waals surface area contributed by atoms with Gasteiger partial charge in [-0.3, -0.25) is 14.4 Å². The van der Waals surface area contributed by atoms with Gasteiger partial charge >= 0.3 is 0 Å². The van der Waals surface area contributed by atoms with Crippen molar-refractivity contribution in [3.63, 3.8) is 0 Å². The number of likely N-dealkylation sites (tertiary alicyclic amines) is 2. The van der Waals surface area contributed by atoms with Crippen LogP contribution in [0, 0.1) is 13.8 Å². The van der Waals surface area contributed by atoms with E-state index in [0.29, 0.717) is 18.5 Å². The largest absolute Gasteiger partial charge is 0.337 e. The summed E-state index contributed by atoms with van der Waals surface area (Å²) in [5, 5.41) is 4.54. The van der Waals surface area contributed by atoms with Crippen molar-refractivity contribution in [2.75, 3.05) is 32.7 Å². The van der Waals surface area contributed by atoms with Gasteiger partial charge in [0, 0.05) is 25.3 Å². The highest BCUT2D eigenvalue weighted by Crippen LogP contribution is 2.28. The van der Waals surface area contributed by atoms with Crippen LogP contribution in [0.1, 0.15) is 35.3 Å². The van der Waals surface area contributed by atoms with Gasteiger partial charge in [-0.1, -0.05) is 30.3 Å². The Morgan fingerprint density at radius 2 is 1.92 bits per heavy atom. The molecule has 3 heterocycles. The summed E-state index contributed by atoms with van der Waals surface area (Å²) in [6, 6.07) is 13.1. The van der Waals surface area contributed by atoms with Crippen molar-refractivity contribution in [1.29, 1.82) is 0 Å². The van der Waals surface area contributed by atoms with E-state index in [1.165, 1.54) is 11.3 Å². The van der Waals surface area contributed by atoms with E-state index in [0.717, 1.165) is 38.3 Å². The van der Waals surface area contributed by atoms with Gasteiger partial charge in [0.25, 0.3) is 0 Å². The Kier molecular flexibility index (Phi) is 4.34. The van der Waals surface area contributed by atoms with Gasteiger partial charge in [-0.15, -0.1) is 0 Å². The molecule has 0 unspecified atom stereocenters. The fourth-order valence-electron chi connectivity index (χ4n) is 4.09. The number of nitrogens with zero attached hydrogens (tertiary/aromatic N) is 4. The zero-order valence-electron chi connectivity index (χ0n) is 15.1. The van der Waals surface area contributed by atoms with Gasteiger partial charge in [0.1, 0.15) is 0 Å². The summed E-state index contributed by atoms with van der Waals surface area (Å²) >= 11 is 0. The van der Waals surface area contributed by atoms with Crippen LogP contribution in [0.2, 0.25) is 0 Å². The molecule has 0 saturated carbocycles. The maximum Gasteiger partial charge on any atom is 0.236 e. The second kappa shape index (κ2) is 6.64. The van der Waals surface area contributed by atoms with Crippen molar-refractivity contribution in [2.45, 2.75) is 32.2 Å². The van der Waals surface area contributed by atoms with E-state index in [-0.39, 0.29) is 5.91 Å². The molecule has 1 amide bonds. The second-order valence-electron chi connectivity index (χ2n) is 7.46. The van der Waals surface area contributed by atoms with Crippen molar-refractivity contribution in [2.24, 2.45) is 0 Å². The lowest BCUT2D eigenvalue weighted by Gasteiger charge is -2.40. The molecule has 1 aromatic carbocycles. The topological polar surface area (TPSA) is 41.4 Å². The molecule has 2 aliphatic heterocycles. The number of hydrogen-bond donors (Lipinski definition) is 0. The SMILES string of the molecule is Cc1cc(C)n(C2CN(C(=O)CN3CC[C@@H](c4ccccc4)C3)C2)n1. The van der Waals surface area contributed by atoms with Gasteiger partial charge in [0.05, 0.1) is 18.3 Å². The Hall–Kier alpha value is -2.14. The molecule has 0 spiro atoms. The Morgan fingerprint density at radius 3 is 2.60 bits per heavy atom. The number of aryl methyl sites for hydroxylation is 2. The highest BCUT2D eigenvalue weighted by atomic mass is 16.2. The van der Waals surface area contributed by atoms with Crippen LogP contribution in [0.25, 0.3) is 0 Å². The van der Waals surface area contributed by atoms with Crippen LogP contribution in [-0.4, -0.2) is 58.2 Å². The molecular weight excluding hydrogens is 312 g/mol. The Morgan fingerprint density at radius 1 is 1.16 bits per heavy atom. The minimum Gasteiger partial charge on any atom is -0.337 e. The lowest BCUT2D eigenvalue weighted by atomic mass is 9.99. The summed E-state index contributed by atoms with van der Waals surface area (Å²) in [4.78, 5) is 16.8. The lowest BCUT2D eigenvalue weighted by Crippen LogP contribution is -2.53. The average Bonchev–Trinajstić information content (AvgIpc) is 3.14. The molecular formula is C20H26N4O. The molecule has 0 N–H and O–H groups in total. The highest BCUT2D eigenvalue weighted by molar-refractivity contribution is 5.79. The van der Waals surface area contributed by atoms with E-state index in [4.69, 9.17) is 0 Å². The molecule has 2 aliphatic rings. The van der Waals surface area contributed by atoms with Crippen LogP contribution in [0.4, 0.5) is 0 Å². The molecule has 0 aliphatic carbocycles. The molecule has 132 valence electrons. The highest BCUT2D eigenvalue weighted by Gasteiger charge is 2.34. The first-order valence-corrected chi connectivity index (χ1v) is 9.18. The summed E-state index contributed by atoms with van der Waals surface area (Å²) in [5.74, 6) is 0.819. The predicted octanol–water partition coefficient (Wildman–Crippen LogP) is 2.37. The van der Waals surface area contributed by atoms with Gasteiger partial charge in [-0.2, -0.15) is 5.10 Å². The third kappa shape index (κ3) is 3.33. The molecule has 0 bridgehead atoms. The average molecular weight is 338 g/mol. The Labute approximate surface area is 149 Å². The van der Waals surface area contributed by atoms with Crippen LogP contribution in [0.15, 0.2) is 36.4 Å². The number of aromatic nitrogens is 2. The molecule has 25 heavy (non-hydrogen) atoms. The van der Waals surface area contributed by atoms with E-state index in [1.807, 2.05) is 11.8 Å². The first-order chi connectivity index (χ1) is 12.1. The second-order valence-corrected chi connectivity index (χ2v) is 7.46. The van der Waals surface area contributed by atoms with Crippen LogP contribution >= 0.6 is 0 Å². The summed E-state index contributed by atoms with van der Waals surface area (Å²) in [6.07, 6.45) is 1.14. The first kappa shape index (κ1) is 16.3. The maximum atomic E-state index is 12.5. The summed E-state index contributed by atoms with van der Waals surface area (Å²) in [7, 11) is 0. The number of carbonyl (C=O) groups excluding carboxylic acids is 1. The smallest absolute Gasteiger partial charge is 0.236 e. The number of benzene rings is 1. The normalized spacial score (nSPS) is 21.5. The van der Waals surface area contributed by atoms with Crippen molar-refractivity contribution in [1.82, 2.24) is 19.6 Å². The number of amides is 1. The summed E-state index contributed by atoms with van der Waals surface area (Å²) in [5.41, 5.74) is 3.62. The van der Waals surface area contributed by atoms with Crippen molar-refractivity contribution >= 4 is 5.91 Å². The van der Waals surface area contributed by atoms with Gasteiger partial charge in [-0.25, -0.2) is 0 Å². The van der Waals surface area contributed by atoms with Gasteiger partial charge in [0.15, 0.2) is 0 Å². The monoisotopic (exact) mass is 338 g/mol. The maximum absolute atomic E-state index is 12.5. The molecule has 1 atom stereocenters. The Bertz CT molecular complexity index is 748. The van der Waals surface area contributed by atoms with E-state index in [2.05, 4.69) is 58.0 Å². The third-order valence-corrected chi connectivity index (χ3v) is 5.51. The first-order valence-electron chi connectivity index (χ1n) is 9.18. The summed E-state index contributed by atoms with van der Waals surface area (Å²) in [6.45, 7) is 8.23. The summed E-state index contributed by atoms with van der Waals surface area (Å²) < 4.78 is 2.07. The fourth-order valence-corrected chi connectivity index (χ4v) is 4.09. The van der Waals surface area contributed by atoms with Crippen molar-refractivity contribution in [3.8, 4) is 0 Å². The molecule has 1 aromatic heterocycles. The Balaban J connectivity index is 1.27. The minimum absolute atomic E-state index is 0.256. The van der Waals surface area contributed by atoms with Gasteiger partial charge < -0.3 is 4.90 Å². The van der Waals surface area contributed by atoms with Gasteiger partial charge in [-0.05, 0) is 44.4 Å². The number of hydrogen-bond acceptors (Lipinski definition) is 3. The number of carbonyl (C=O) groups is 1. The quantitative estimate of drug-likeness (QED) is 0.859. The molecule has 4 rings (SSSR count). The lowest BCUT2D eigenvalue weighted by molar-refractivity contribution is -0.138. The van der Waals surface area contributed by atoms with Gasteiger partial charge in [0.2, 0.25) is 5.91 Å². The molecule has 2 fully saturated rings. The molecule has 2 saturated heterocycles. The minimum atomic E-state index is 0.256. The predicted molar refractivity (Wildman–Crippen MR) is 97.6 cm³/mol. The number of rotatable bonds is 4. The zero-order chi connectivity index (χ0) is 17.4. The van der Waals surface area contributed by atoms with E-state index < -0.39 is 0 Å². The molecule has 0 radical (unpaired) electrons. The fraction of sp³-hybridized carbons (Fsp3) is 0.500. The van der Waals surface area contributed by atoms with Crippen LogP contribution < -0.4 is 0 Å². The van der Waals surface area contributed by atoms with E-state index >= 15 is 0 Å².